The second kappa shape index (κ2) is 5.64. The van der Waals surface area contributed by atoms with Crippen LogP contribution >= 0.6 is 15.9 Å². The van der Waals surface area contributed by atoms with E-state index in [4.69, 9.17) is 0 Å². The van der Waals surface area contributed by atoms with Crippen molar-refractivity contribution in [3.05, 3.63) is 68.3 Å². The minimum Gasteiger partial charge on any atom is -0.354 e. The highest BCUT2D eigenvalue weighted by Crippen LogP contribution is 2.29. The van der Waals surface area contributed by atoms with Crippen molar-refractivity contribution in [1.29, 1.82) is 0 Å². The van der Waals surface area contributed by atoms with Gasteiger partial charge in [0.15, 0.2) is 5.43 Å². The van der Waals surface area contributed by atoms with E-state index in [1.165, 1.54) is 11.1 Å². The van der Waals surface area contributed by atoms with E-state index in [1.807, 2.05) is 18.2 Å². The number of H-pyrrole nitrogens is 1. The average Bonchev–Trinajstić information content (AvgIpc) is 2.47. The number of aromatic nitrogens is 1. The number of rotatable bonds is 1. The summed E-state index contributed by atoms with van der Waals surface area (Å²) < 4.78 is 0.911. The third-order valence-electron chi connectivity index (χ3n) is 4.17. The van der Waals surface area contributed by atoms with Crippen molar-refractivity contribution >= 4 is 26.8 Å². The van der Waals surface area contributed by atoms with Gasteiger partial charge >= 0.3 is 0 Å². The summed E-state index contributed by atoms with van der Waals surface area (Å²) in [6.07, 6.45) is 0. The molecule has 0 unspecified atom stereocenters. The van der Waals surface area contributed by atoms with Gasteiger partial charge < -0.3 is 4.98 Å². The number of fused-ring (bicyclic) bond motifs is 1. The second-order valence-electron chi connectivity index (χ2n) is 7.02. The highest BCUT2D eigenvalue weighted by molar-refractivity contribution is 9.10. The van der Waals surface area contributed by atoms with Crippen LogP contribution in [0.4, 0.5) is 0 Å². The Morgan fingerprint density at radius 3 is 2.39 bits per heavy atom. The Morgan fingerprint density at radius 2 is 1.74 bits per heavy atom. The lowest BCUT2D eigenvalue weighted by Crippen LogP contribution is -2.11. The summed E-state index contributed by atoms with van der Waals surface area (Å²) in [5, 5.41) is 0.701. The van der Waals surface area contributed by atoms with Crippen LogP contribution in [-0.2, 0) is 5.41 Å². The normalized spacial score (nSPS) is 11.9. The Hall–Kier alpha value is -1.87. The average molecular weight is 370 g/mol. The molecule has 0 atom stereocenters. The van der Waals surface area contributed by atoms with Gasteiger partial charge in [0, 0.05) is 32.7 Å². The van der Waals surface area contributed by atoms with Crippen LogP contribution < -0.4 is 5.43 Å². The second-order valence-corrected chi connectivity index (χ2v) is 7.93. The molecule has 0 aliphatic carbocycles. The number of aryl methyl sites for hydroxylation is 1. The molecule has 23 heavy (non-hydrogen) atoms. The fourth-order valence-electron chi connectivity index (χ4n) is 2.80. The molecule has 0 amide bonds. The first kappa shape index (κ1) is 16.0. The van der Waals surface area contributed by atoms with Crippen LogP contribution in [0.2, 0.25) is 0 Å². The smallest absolute Gasteiger partial charge is 0.190 e. The standard InChI is InChI=1S/C20H20BrNO/c1-12-9-13(20(2,3)4)5-7-15(12)18-11-19(23)16-10-14(21)6-8-17(16)22-18/h5-11H,1-4H3,(H,22,23). The lowest BCUT2D eigenvalue weighted by atomic mass is 9.85. The molecule has 118 valence electrons. The molecule has 0 aliphatic heterocycles. The molecule has 2 nitrogen and oxygen atoms in total. The molecule has 1 heterocycles. The monoisotopic (exact) mass is 369 g/mol. The molecule has 2 aromatic carbocycles. The van der Waals surface area contributed by atoms with Gasteiger partial charge in [0.2, 0.25) is 0 Å². The Kier molecular flexibility index (Phi) is 3.93. The van der Waals surface area contributed by atoms with E-state index >= 15 is 0 Å². The lowest BCUT2D eigenvalue weighted by molar-refractivity contribution is 0.590. The van der Waals surface area contributed by atoms with E-state index in [1.54, 1.807) is 6.07 Å². The number of benzene rings is 2. The predicted octanol–water partition coefficient (Wildman–Crippen LogP) is 5.56. The van der Waals surface area contributed by atoms with Crippen molar-refractivity contribution in [2.24, 2.45) is 0 Å². The number of pyridine rings is 1. The Balaban J connectivity index is 2.18. The summed E-state index contributed by atoms with van der Waals surface area (Å²) in [6, 6.07) is 13.9. The van der Waals surface area contributed by atoms with Crippen LogP contribution in [0.25, 0.3) is 22.2 Å². The third kappa shape index (κ3) is 3.11. The molecule has 0 fully saturated rings. The molecule has 0 bridgehead atoms. The largest absolute Gasteiger partial charge is 0.354 e. The molecule has 1 aromatic heterocycles. The highest BCUT2D eigenvalue weighted by Gasteiger charge is 2.15. The molecule has 3 aromatic rings. The zero-order valence-electron chi connectivity index (χ0n) is 13.8. The number of nitrogens with one attached hydrogen (secondary N) is 1. The fraction of sp³-hybridized carbons (Fsp3) is 0.250. The topological polar surface area (TPSA) is 32.9 Å². The maximum absolute atomic E-state index is 12.4. The van der Waals surface area contributed by atoms with Crippen LogP contribution in [0.1, 0.15) is 31.9 Å². The molecule has 3 heteroatoms. The molecular formula is C20H20BrNO. The summed E-state index contributed by atoms with van der Waals surface area (Å²) in [5.41, 5.74) is 5.41. The fourth-order valence-corrected chi connectivity index (χ4v) is 3.16. The summed E-state index contributed by atoms with van der Waals surface area (Å²) in [5.74, 6) is 0. The molecule has 0 spiro atoms. The van der Waals surface area contributed by atoms with Crippen LogP contribution in [0.3, 0.4) is 0 Å². The van der Waals surface area contributed by atoms with E-state index in [9.17, 15) is 4.79 Å². The number of hydrogen-bond acceptors (Lipinski definition) is 1. The summed E-state index contributed by atoms with van der Waals surface area (Å²) in [4.78, 5) is 15.8. The van der Waals surface area contributed by atoms with Gasteiger partial charge in [-0.15, -0.1) is 0 Å². The molecular weight excluding hydrogens is 350 g/mol. The van der Waals surface area contributed by atoms with E-state index < -0.39 is 0 Å². The number of halogens is 1. The third-order valence-corrected chi connectivity index (χ3v) is 4.67. The Bertz CT molecular complexity index is 948. The van der Waals surface area contributed by atoms with Crippen molar-refractivity contribution in [3.8, 4) is 11.3 Å². The van der Waals surface area contributed by atoms with Gasteiger partial charge in [0.1, 0.15) is 0 Å². The van der Waals surface area contributed by atoms with Gasteiger partial charge in [0.25, 0.3) is 0 Å². The van der Waals surface area contributed by atoms with E-state index in [2.05, 4.69) is 66.8 Å². The molecule has 0 saturated heterocycles. The first-order valence-electron chi connectivity index (χ1n) is 7.70. The Morgan fingerprint density at radius 1 is 1.00 bits per heavy atom. The summed E-state index contributed by atoms with van der Waals surface area (Å²) in [6.45, 7) is 8.71. The quantitative estimate of drug-likeness (QED) is 0.597. The van der Waals surface area contributed by atoms with Crippen LogP contribution in [0.15, 0.2) is 51.7 Å². The van der Waals surface area contributed by atoms with Gasteiger partial charge in [-0.2, -0.15) is 0 Å². The Labute approximate surface area is 144 Å². The van der Waals surface area contributed by atoms with Gasteiger partial charge in [-0.3, -0.25) is 4.79 Å². The summed E-state index contributed by atoms with van der Waals surface area (Å²) in [7, 11) is 0. The van der Waals surface area contributed by atoms with Crippen molar-refractivity contribution in [2.45, 2.75) is 33.1 Å². The maximum Gasteiger partial charge on any atom is 0.190 e. The molecule has 0 saturated carbocycles. The van der Waals surface area contributed by atoms with Crippen molar-refractivity contribution in [3.63, 3.8) is 0 Å². The van der Waals surface area contributed by atoms with Crippen molar-refractivity contribution in [2.75, 3.05) is 0 Å². The lowest BCUT2D eigenvalue weighted by Gasteiger charge is -2.20. The zero-order chi connectivity index (χ0) is 16.8. The molecule has 0 radical (unpaired) electrons. The number of hydrogen-bond donors (Lipinski definition) is 1. The minimum atomic E-state index is 0.0364. The summed E-state index contributed by atoms with van der Waals surface area (Å²) >= 11 is 3.42. The van der Waals surface area contributed by atoms with Crippen LogP contribution in [-0.4, -0.2) is 4.98 Å². The maximum atomic E-state index is 12.4. The highest BCUT2D eigenvalue weighted by atomic mass is 79.9. The first-order chi connectivity index (χ1) is 10.8. The van der Waals surface area contributed by atoms with Gasteiger partial charge in [-0.05, 0) is 41.7 Å². The van der Waals surface area contributed by atoms with Gasteiger partial charge in [-0.25, -0.2) is 0 Å². The van der Waals surface area contributed by atoms with Crippen molar-refractivity contribution < 1.29 is 0 Å². The molecule has 3 rings (SSSR count). The van der Waals surface area contributed by atoms with E-state index in [-0.39, 0.29) is 10.8 Å². The van der Waals surface area contributed by atoms with E-state index in [0.717, 1.165) is 21.2 Å². The zero-order valence-corrected chi connectivity index (χ0v) is 15.4. The van der Waals surface area contributed by atoms with Crippen molar-refractivity contribution in [1.82, 2.24) is 4.98 Å². The minimum absolute atomic E-state index is 0.0364. The van der Waals surface area contributed by atoms with Gasteiger partial charge in [0.05, 0.1) is 0 Å². The van der Waals surface area contributed by atoms with Crippen LogP contribution in [0, 0.1) is 6.92 Å². The van der Waals surface area contributed by atoms with Gasteiger partial charge in [-0.1, -0.05) is 54.9 Å². The first-order valence-corrected chi connectivity index (χ1v) is 8.49. The molecule has 1 N–H and O–H groups in total. The van der Waals surface area contributed by atoms with E-state index in [0.29, 0.717) is 5.39 Å². The number of aromatic amines is 1. The van der Waals surface area contributed by atoms with Crippen LogP contribution in [0.5, 0.6) is 0 Å². The molecule has 0 aliphatic rings. The predicted molar refractivity (Wildman–Crippen MR) is 101 cm³/mol. The SMILES string of the molecule is Cc1cc(C(C)(C)C)ccc1-c1cc(=O)c2cc(Br)ccc2[nH]1.